The molecule has 22 heavy (non-hydrogen) atoms. The van der Waals surface area contributed by atoms with E-state index in [0.717, 1.165) is 6.07 Å². The van der Waals surface area contributed by atoms with E-state index in [1.807, 2.05) is 12.1 Å². The summed E-state index contributed by atoms with van der Waals surface area (Å²) in [5.41, 5.74) is 1.99. The SMILES string of the molecule is N#Cc1ccc(Cn2c(Cl)nc3c(C#N)cc(F)cc32)nc1. The van der Waals surface area contributed by atoms with Gasteiger partial charge in [-0.15, -0.1) is 0 Å². The maximum atomic E-state index is 13.6. The van der Waals surface area contributed by atoms with Crippen LogP contribution in [0.2, 0.25) is 5.28 Å². The molecule has 0 unspecified atom stereocenters. The standard InChI is InChI=1S/C15H7ClFN5/c16-15-21-14-10(6-19)3-11(17)4-13(14)22(15)8-12-2-1-9(5-18)7-20-12/h1-4,7H,8H2. The van der Waals surface area contributed by atoms with Gasteiger partial charge in [-0.2, -0.15) is 10.5 Å². The first kappa shape index (κ1) is 14.0. The Hall–Kier alpha value is -2.96. The van der Waals surface area contributed by atoms with E-state index in [2.05, 4.69) is 9.97 Å². The summed E-state index contributed by atoms with van der Waals surface area (Å²) < 4.78 is 15.2. The predicted octanol–water partition coefficient (Wildman–Crippen LogP) is 3.02. The number of hydrogen-bond acceptors (Lipinski definition) is 4. The molecule has 0 atom stereocenters. The number of hydrogen-bond donors (Lipinski definition) is 0. The van der Waals surface area contributed by atoms with Crippen molar-refractivity contribution in [3.8, 4) is 12.1 Å². The zero-order valence-electron chi connectivity index (χ0n) is 11.1. The molecule has 0 saturated carbocycles. The first-order chi connectivity index (χ1) is 10.6. The number of aromatic nitrogens is 3. The van der Waals surface area contributed by atoms with Crippen molar-refractivity contribution in [2.45, 2.75) is 6.54 Å². The molecule has 1 aromatic carbocycles. The fourth-order valence-corrected chi connectivity index (χ4v) is 2.38. The molecule has 0 radical (unpaired) electrons. The van der Waals surface area contributed by atoms with Gasteiger partial charge in [0.2, 0.25) is 5.28 Å². The predicted molar refractivity (Wildman–Crippen MR) is 77.5 cm³/mol. The van der Waals surface area contributed by atoms with Crippen molar-refractivity contribution in [3.63, 3.8) is 0 Å². The van der Waals surface area contributed by atoms with Crippen LogP contribution in [0.5, 0.6) is 0 Å². The normalized spacial score (nSPS) is 10.4. The van der Waals surface area contributed by atoms with E-state index in [4.69, 9.17) is 22.1 Å². The van der Waals surface area contributed by atoms with Crippen molar-refractivity contribution in [1.29, 1.82) is 10.5 Å². The Kier molecular flexibility index (Phi) is 3.46. The maximum Gasteiger partial charge on any atom is 0.204 e. The zero-order chi connectivity index (χ0) is 15.7. The molecule has 0 saturated heterocycles. The highest BCUT2D eigenvalue weighted by atomic mass is 35.5. The third-order valence-electron chi connectivity index (χ3n) is 3.17. The molecular weight excluding hydrogens is 305 g/mol. The third kappa shape index (κ3) is 2.37. The van der Waals surface area contributed by atoms with Gasteiger partial charge in [0.25, 0.3) is 0 Å². The smallest absolute Gasteiger partial charge is 0.204 e. The summed E-state index contributed by atoms with van der Waals surface area (Å²) in [4.78, 5) is 8.26. The van der Waals surface area contributed by atoms with Gasteiger partial charge >= 0.3 is 0 Å². The van der Waals surface area contributed by atoms with E-state index in [-0.39, 0.29) is 17.4 Å². The topological polar surface area (TPSA) is 78.3 Å². The first-order valence-corrected chi connectivity index (χ1v) is 6.60. The van der Waals surface area contributed by atoms with Crippen molar-refractivity contribution < 1.29 is 4.39 Å². The van der Waals surface area contributed by atoms with Gasteiger partial charge in [-0.25, -0.2) is 9.37 Å². The lowest BCUT2D eigenvalue weighted by Crippen LogP contribution is -2.02. The highest BCUT2D eigenvalue weighted by Gasteiger charge is 2.15. The quantitative estimate of drug-likeness (QED) is 0.728. The van der Waals surface area contributed by atoms with E-state index >= 15 is 0 Å². The van der Waals surface area contributed by atoms with E-state index in [1.165, 1.54) is 12.3 Å². The van der Waals surface area contributed by atoms with Crippen LogP contribution in [0.15, 0.2) is 30.5 Å². The number of nitrogens with zero attached hydrogens (tertiary/aromatic N) is 5. The summed E-state index contributed by atoms with van der Waals surface area (Å²) in [6.07, 6.45) is 1.45. The Morgan fingerprint density at radius 3 is 2.68 bits per heavy atom. The van der Waals surface area contributed by atoms with Crippen LogP contribution in [0.3, 0.4) is 0 Å². The molecule has 0 aliphatic rings. The second-order valence-electron chi connectivity index (χ2n) is 4.55. The molecule has 2 aromatic heterocycles. The minimum absolute atomic E-state index is 0.128. The summed E-state index contributed by atoms with van der Waals surface area (Å²) in [5, 5.41) is 18.0. The number of fused-ring (bicyclic) bond motifs is 1. The van der Waals surface area contributed by atoms with Gasteiger partial charge in [0.15, 0.2) is 0 Å². The van der Waals surface area contributed by atoms with Crippen LogP contribution in [0.25, 0.3) is 11.0 Å². The van der Waals surface area contributed by atoms with Gasteiger partial charge in [0, 0.05) is 6.20 Å². The van der Waals surface area contributed by atoms with Gasteiger partial charge < -0.3 is 4.57 Å². The number of benzene rings is 1. The Bertz CT molecular complexity index is 947. The summed E-state index contributed by atoms with van der Waals surface area (Å²) in [7, 11) is 0. The average Bonchev–Trinajstić information content (AvgIpc) is 2.83. The third-order valence-corrected chi connectivity index (χ3v) is 3.46. The number of imidazole rings is 1. The van der Waals surface area contributed by atoms with Crippen LogP contribution in [-0.2, 0) is 6.54 Å². The second-order valence-corrected chi connectivity index (χ2v) is 4.89. The number of rotatable bonds is 2. The first-order valence-electron chi connectivity index (χ1n) is 6.23. The fourth-order valence-electron chi connectivity index (χ4n) is 2.14. The molecule has 0 fully saturated rings. The van der Waals surface area contributed by atoms with E-state index in [9.17, 15) is 4.39 Å². The monoisotopic (exact) mass is 311 g/mol. The van der Waals surface area contributed by atoms with Gasteiger partial charge in [-0.3, -0.25) is 4.98 Å². The molecule has 3 rings (SSSR count). The number of pyridine rings is 1. The van der Waals surface area contributed by atoms with Crippen LogP contribution >= 0.6 is 11.6 Å². The summed E-state index contributed by atoms with van der Waals surface area (Å²) >= 11 is 6.10. The summed E-state index contributed by atoms with van der Waals surface area (Å²) in [6.45, 7) is 0.259. The molecule has 0 N–H and O–H groups in total. The van der Waals surface area contributed by atoms with Crippen LogP contribution in [0.4, 0.5) is 4.39 Å². The lowest BCUT2D eigenvalue weighted by Gasteiger charge is -2.05. The van der Waals surface area contributed by atoms with Gasteiger partial charge in [-0.05, 0) is 35.9 Å². The van der Waals surface area contributed by atoms with Crippen LogP contribution in [0.1, 0.15) is 16.8 Å². The fraction of sp³-hybridized carbons (Fsp3) is 0.0667. The Labute approximate surface area is 129 Å². The van der Waals surface area contributed by atoms with E-state index < -0.39 is 5.82 Å². The van der Waals surface area contributed by atoms with Crippen molar-refractivity contribution >= 4 is 22.6 Å². The molecule has 106 valence electrons. The molecule has 5 nitrogen and oxygen atoms in total. The molecule has 0 aliphatic heterocycles. The molecule has 0 bridgehead atoms. The van der Waals surface area contributed by atoms with Crippen LogP contribution in [0, 0.1) is 28.5 Å². The molecular formula is C15H7ClFN5. The van der Waals surface area contributed by atoms with Crippen LogP contribution < -0.4 is 0 Å². The Morgan fingerprint density at radius 2 is 2.05 bits per heavy atom. The zero-order valence-corrected chi connectivity index (χ0v) is 11.8. The lowest BCUT2D eigenvalue weighted by atomic mass is 10.2. The minimum atomic E-state index is -0.533. The summed E-state index contributed by atoms with van der Waals surface area (Å²) in [5.74, 6) is -0.533. The van der Waals surface area contributed by atoms with Crippen LogP contribution in [-0.4, -0.2) is 14.5 Å². The lowest BCUT2D eigenvalue weighted by molar-refractivity contribution is 0.628. The number of nitriles is 2. The minimum Gasteiger partial charge on any atom is -0.308 e. The van der Waals surface area contributed by atoms with Crippen molar-refractivity contribution in [1.82, 2.24) is 14.5 Å². The van der Waals surface area contributed by atoms with Gasteiger partial charge in [0.05, 0.1) is 28.9 Å². The van der Waals surface area contributed by atoms with Crippen molar-refractivity contribution in [2.24, 2.45) is 0 Å². The van der Waals surface area contributed by atoms with Gasteiger partial charge in [0.1, 0.15) is 23.5 Å². The van der Waals surface area contributed by atoms with Crippen molar-refractivity contribution in [3.05, 3.63) is 58.4 Å². The molecule has 0 amide bonds. The summed E-state index contributed by atoms with van der Waals surface area (Å²) in [6, 6.07) is 9.61. The Balaban J connectivity index is 2.10. The average molecular weight is 312 g/mol. The molecule has 7 heteroatoms. The van der Waals surface area contributed by atoms with E-state index in [0.29, 0.717) is 22.3 Å². The highest BCUT2D eigenvalue weighted by molar-refractivity contribution is 6.29. The molecule has 3 aromatic rings. The van der Waals surface area contributed by atoms with E-state index in [1.54, 1.807) is 16.7 Å². The maximum absolute atomic E-state index is 13.6. The van der Waals surface area contributed by atoms with Crippen molar-refractivity contribution in [2.75, 3.05) is 0 Å². The van der Waals surface area contributed by atoms with Gasteiger partial charge in [-0.1, -0.05) is 0 Å². The molecule has 0 aliphatic carbocycles. The highest BCUT2D eigenvalue weighted by Crippen LogP contribution is 2.24. The number of halogens is 2. The molecule has 0 spiro atoms. The second kappa shape index (κ2) is 5.44. The largest absolute Gasteiger partial charge is 0.308 e. The Morgan fingerprint density at radius 1 is 1.23 bits per heavy atom. The molecule has 2 heterocycles.